The Morgan fingerprint density at radius 2 is 2.50 bits per heavy atom. The van der Waals surface area contributed by atoms with Gasteiger partial charge in [0.2, 0.25) is 5.88 Å². The lowest BCUT2D eigenvalue weighted by Crippen LogP contribution is -2.22. The Balaban J connectivity index is 2.87. The van der Waals surface area contributed by atoms with Gasteiger partial charge in [0, 0.05) is 12.7 Å². The second-order valence-electron chi connectivity index (χ2n) is 2.23. The van der Waals surface area contributed by atoms with Gasteiger partial charge in [0.05, 0.1) is 0 Å². The lowest BCUT2D eigenvalue weighted by molar-refractivity contribution is 0.0952. The minimum atomic E-state index is -0.303. The third kappa shape index (κ3) is 1.72. The number of hydrogen-bond acceptors (Lipinski definition) is 3. The lowest BCUT2D eigenvalue weighted by atomic mass is 10.2. The molecule has 4 nitrogen and oxygen atoms in total. The number of rotatable bonds is 2. The standard InChI is InChI=1S/C8H10N2O2/c1-2-9-7(11)6-4-3-5-10-8(6)12/h3-5H,2H2,1H3,(H,9,11)(H,10,12). The Morgan fingerprint density at radius 3 is 3.08 bits per heavy atom. The molecule has 0 saturated heterocycles. The number of carbonyl (C=O) groups excluding carboxylic acids is 1. The molecule has 0 fully saturated rings. The van der Waals surface area contributed by atoms with E-state index >= 15 is 0 Å². The van der Waals surface area contributed by atoms with Crippen LogP contribution in [0.2, 0.25) is 0 Å². The number of amides is 1. The predicted octanol–water partition coefficient (Wildman–Crippen LogP) is 0.537. The van der Waals surface area contributed by atoms with Crippen molar-refractivity contribution in [2.75, 3.05) is 6.54 Å². The van der Waals surface area contributed by atoms with E-state index in [1.165, 1.54) is 12.3 Å². The highest BCUT2D eigenvalue weighted by Crippen LogP contribution is 2.10. The van der Waals surface area contributed by atoms with Crippen molar-refractivity contribution < 1.29 is 9.90 Å². The van der Waals surface area contributed by atoms with Crippen LogP contribution in [-0.2, 0) is 0 Å². The first-order valence-electron chi connectivity index (χ1n) is 3.68. The van der Waals surface area contributed by atoms with Crippen molar-refractivity contribution in [2.45, 2.75) is 6.92 Å². The normalized spacial score (nSPS) is 9.42. The van der Waals surface area contributed by atoms with Crippen LogP contribution in [0.1, 0.15) is 17.3 Å². The Bertz CT molecular complexity index is 286. The largest absolute Gasteiger partial charge is 0.493 e. The summed E-state index contributed by atoms with van der Waals surface area (Å²) in [5.41, 5.74) is 0.208. The van der Waals surface area contributed by atoms with Gasteiger partial charge in [-0.3, -0.25) is 4.79 Å². The average molecular weight is 166 g/mol. The highest BCUT2D eigenvalue weighted by Gasteiger charge is 2.08. The molecular formula is C8H10N2O2. The quantitative estimate of drug-likeness (QED) is 0.674. The Kier molecular flexibility index (Phi) is 2.63. The number of nitrogens with one attached hydrogen (secondary N) is 1. The van der Waals surface area contributed by atoms with Gasteiger partial charge in [0.25, 0.3) is 5.91 Å². The third-order valence-corrected chi connectivity index (χ3v) is 1.37. The first-order valence-corrected chi connectivity index (χ1v) is 3.68. The van der Waals surface area contributed by atoms with Crippen LogP contribution in [0.4, 0.5) is 0 Å². The van der Waals surface area contributed by atoms with Gasteiger partial charge >= 0.3 is 0 Å². The maximum Gasteiger partial charge on any atom is 0.256 e. The summed E-state index contributed by atoms with van der Waals surface area (Å²) in [5, 5.41) is 11.7. The van der Waals surface area contributed by atoms with Gasteiger partial charge in [-0.1, -0.05) is 0 Å². The molecule has 0 bridgehead atoms. The summed E-state index contributed by atoms with van der Waals surface area (Å²) in [4.78, 5) is 14.7. The third-order valence-electron chi connectivity index (χ3n) is 1.37. The molecule has 0 atom stereocenters. The van der Waals surface area contributed by atoms with Crippen molar-refractivity contribution in [3.05, 3.63) is 23.9 Å². The summed E-state index contributed by atoms with van der Waals surface area (Å²) in [6.07, 6.45) is 1.43. The molecule has 0 aliphatic heterocycles. The highest BCUT2D eigenvalue weighted by molar-refractivity contribution is 5.96. The molecule has 2 N–H and O–H groups in total. The molecule has 0 aliphatic rings. The maximum absolute atomic E-state index is 11.2. The molecular weight excluding hydrogens is 156 g/mol. The van der Waals surface area contributed by atoms with Crippen molar-refractivity contribution in [2.24, 2.45) is 0 Å². The van der Waals surface area contributed by atoms with Crippen molar-refractivity contribution in [3.63, 3.8) is 0 Å². The molecule has 1 heterocycles. The predicted molar refractivity (Wildman–Crippen MR) is 43.9 cm³/mol. The van der Waals surface area contributed by atoms with E-state index in [-0.39, 0.29) is 17.4 Å². The molecule has 1 aromatic heterocycles. The van der Waals surface area contributed by atoms with E-state index < -0.39 is 0 Å². The van der Waals surface area contributed by atoms with Crippen LogP contribution in [0.5, 0.6) is 5.88 Å². The van der Waals surface area contributed by atoms with E-state index in [1.54, 1.807) is 6.07 Å². The van der Waals surface area contributed by atoms with Gasteiger partial charge in [-0.05, 0) is 19.1 Å². The summed E-state index contributed by atoms with van der Waals surface area (Å²) < 4.78 is 0. The van der Waals surface area contributed by atoms with Gasteiger partial charge < -0.3 is 10.4 Å². The number of carbonyl (C=O) groups is 1. The molecule has 1 rings (SSSR count). The molecule has 0 aromatic carbocycles. The molecule has 0 unspecified atom stereocenters. The van der Waals surface area contributed by atoms with Crippen molar-refractivity contribution in [1.82, 2.24) is 10.3 Å². The fraction of sp³-hybridized carbons (Fsp3) is 0.250. The van der Waals surface area contributed by atoms with Crippen LogP contribution in [0.3, 0.4) is 0 Å². The zero-order valence-electron chi connectivity index (χ0n) is 6.74. The first-order chi connectivity index (χ1) is 5.75. The molecule has 0 saturated carbocycles. The van der Waals surface area contributed by atoms with E-state index in [0.717, 1.165) is 0 Å². The van der Waals surface area contributed by atoms with Crippen molar-refractivity contribution >= 4 is 5.91 Å². The number of hydrogen-bond donors (Lipinski definition) is 2. The maximum atomic E-state index is 11.2. The van der Waals surface area contributed by atoms with Crippen LogP contribution >= 0.6 is 0 Å². The molecule has 64 valence electrons. The monoisotopic (exact) mass is 166 g/mol. The molecule has 0 aliphatic carbocycles. The molecule has 0 radical (unpaired) electrons. The van der Waals surface area contributed by atoms with Gasteiger partial charge in [-0.25, -0.2) is 4.98 Å². The topological polar surface area (TPSA) is 62.2 Å². The van der Waals surface area contributed by atoms with Crippen LogP contribution in [0.25, 0.3) is 0 Å². The zero-order valence-corrected chi connectivity index (χ0v) is 6.74. The van der Waals surface area contributed by atoms with Crippen LogP contribution in [0, 0.1) is 0 Å². The first kappa shape index (κ1) is 8.52. The number of aromatic nitrogens is 1. The number of aromatic hydroxyl groups is 1. The Labute approximate surface area is 70.3 Å². The van der Waals surface area contributed by atoms with E-state index in [9.17, 15) is 4.79 Å². The highest BCUT2D eigenvalue weighted by atomic mass is 16.3. The van der Waals surface area contributed by atoms with E-state index in [4.69, 9.17) is 5.11 Å². The van der Waals surface area contributed by atoms with Gasteiger partial charge in [0.15, 0.2) is 0 Å². The molecule has 0 spiro atoms. The fourth-order valence-corrected chi connectivity index (χ4v) is 0.830. The van der Waals surface area contributed by atoms with E-state index in [1.807, 2.05) is 6.92 Å². The fourth-order valence-electron chi connectivity index (χ4n) is 0.830. The van der Waals surface area contributed by atoms with Crippen molar-refractivity contribution in [3.8, 4) is 5.88 Å². The number of nitrogens with zero attached hydrogens (tertiary/aromatic N) is 1. The summed E-state index contributed by atoms with van der Waals surface area (Å²) in [5.74, 6) is -0.536. The Hall–Kier alpha value is -1.58. The SMILES string of the molecule is CCNC(=O)c1cccnc1O. The van der Waals surface area contributed by atoms with Gasteiger partial charge in [0.1, 0.15) is 5.56 Å². The second-order valence-corrected chi connectivity index (χ2v) is 2.23. The summed E-state index contributed by atoms with van der Waals surface area (Å²) in [6.45, 7) is 2.35. The second kappa shape index (κ2) is 3.71. The molecule has 4 heteroatoms. The summed E-state index contributed by atoms with van der Waals surface area (Å²) >= 11 is 0. The summed E-state index contributed by atoms with van der Waals surface area (Å²) in [6, 6.07) is 3.12. The van der Waals surface area contributed by atoms with Crippen molar-refractivity contribution in [1.29, 1.82) is 0 Å². The van der Waals surface area contributed by atoms with Crippen LogP contribution in [0.15, 0.2) is 18.3 Å². The molecule has 1 amide bonds. The zero-order chi connectivity index (χ0) is 8.97. The van der Waals surface area contributed by atoms with E-state index in [0.29, 0.717) is 6.54 Å². The van der Waals surface area contributed by atoms with Gasteiger partial charge in [-0.15, -0.1) is 0 Å². The minimum Gasteiger partial charge on any atom is -0.493 e. The van der Waals surface area contributed by atoms with Crippen LogP contribution in [-0.4, -0.2) is 22.5 Å². The minimum absolute atomic E-state index is 0.208. The molecule has 12 heavy (non-hydrogen) atoms. The Morgan fingerprint density at radius 1 is 1.75 bits per heavy atom. The number of pyridine rings is 1. The van der Waals surface area contributed by atoms with Crippen LogP contribution < -0.4 is 5.32 Å². The smallest absolute Gasteiger partial charge is 0.256 e. The summed E-state index contributed by atoms with van der Waals surface area (Å²) in [7, 11) is 0. The average Bonchev–Trinajstić information content (AvgIpc) is 2.05. The van der Waals surface area contributed by atoms with Gasteiger partial charge in [-0.2, -0.15) is 0 Å². The lowest BCUT2D eigenvalue weighted by Gasteiger charge is -2.01. The van der Waals surface area contributed by atoms with E-state index in [2.05, 4.69) is 10.3 Å². The molecule has 1 aromatic rings.